The van der Waals surface area contributed by atoms with Gasteiger partial charge in [-0.15, -0.1) is 0 Å². The standard InChI is InChI=1S/C16H18N6/c17-15-7-14(12-4-2-6-19-9-12)21-16-13(10-20-22(15)16)11-3-1-5-18-8-11/h1,3,5,7-8,10,12,19H,2,4,6,9,17H2. The molecule has 4 rings (SSSR count). The van der Waals surface area contributed by atoms with Gasteiger partial charge in [-0.25, -0.2) is 4.98 Å². The zero-order valence-corrected chi connectivity index (χ0v) is 12.2. The number of nitrogen functional groups attached to an aromatic ring is 1. The molecule has 1 aliphatic heterocycles. The fourth-order valence-electron chi connectivity index (χ4n) is 3.04. The second-order valence-electron chi connectivity index (χ2n) is 5.68. The Hall–Kier alpha value is -2.47. The monoisotopic (exact) mass is 294 g/mol. The molecule has 6 nitrogen and oxygen atoms in total. The quantitative estimate of drug-likeness (QED) is 0.753. The Labute approximate surface area is 128 Å². The number of pyridine rings is 1. The first-order valence-electron chi connectivity index (χ1n) is 7.58. The first kappa shape index (κ1) is 13.2. The molecule has 3 aromatic rings. The number of hydrogen-bond donors (Lipinski definition) is 2. The van der Waals surface area contributed by atoms with Crippen molar-refractivity contribution in [1.29, 1.82) is 0 Å². The molecule has 0 radical (unpaired) electrons. The van der Waals surface area contributed by atoms with Crippen molar-refractivity contribution in [3.8, 4) is 11.1 Å². The molecule has 0 aromatic carbocycles. The van der Waals surface area contributed by atoms with Crippen molar-refractivity contribution >= 4 is 11.5 Å². The Balaban J connectivity index is 1.84. The number of anilines is 1. The molecule has 1 fully saturated rings. The Bertz CT molecular complexity index is 789. The zero-order chi connectivity index (χ0) is 14.9. The molecule has 0 aliphatic carbocycles. The van der Waals surface area contributed by atoms with Crippen molar-refractivity contribution < 1.29 is 0 Å². The van der Waals surface area contributed by atoms with Gasteiger partial charge >= 0.3 is 0 Å². The predicted molar refractivity (Wildman–Crippen MR) is 85.5 cm³/mol. The van der Waals surface area contributed by atoms with E-state index in [1.807, 2.05) is 24.4 Å². The molecule has 0 saturated carbocycles. The summed E-state index contributed by atoms with van der Waals surface area (Å²) in [6.45, 7) is 2.04. The molecular formula is C16H18N6. The average molecular weight is 294 g/mol. The van der Waals surface area contributed by atoms with Gasteiger partial charge in [-0.05, 0) is 25.5 Å². The Morgan fingerprint density at radius 2 is 2.27 bits per heavy atom. The Kier molecular flexibility index (Phi) is 3.23. The summed E-state index contributed by atoms with van der Waals surface area (Å²) < 4.78 is 1.70. The van der Waals surface area contributed by atoms with Gasteiger partial charge in [0.1, 0.15) is 5.82 Å². The van der Waals surface area contributed by atoms with Crippen LogP contribution in [0.1, 0.15) is 24.5 Å². The zero-order valence-electron chi connectivity index (χ0n) is 12.2. The summed E-state index contributed by atoms with van der Waals surface area (Å²) in [5.74, 6) is 1.04. The van der Waals surface area contributed by atoms with Gasteiger partial charge in [-0.3, -0.25) is 4.98 Å². The highest BCUT2D eigenvalue weighted by Gasteiger charge is 2.19. The van der Waals surface area contributed by atoms with Crippen LogP contribution in [0.4, 0.5) is 5.82 Å². The summed E-state index contributed by atoms with van der Waals surface area (Å²) in [7, 11) is 0. The minimum atomic E-state index is 0.415. The second-order valence-corrected chi connectivity index (χ2v) is 5.68. The maximum atomic E-state index is 6.18. The summed E-state index contributed by atoms with van der Waals surface area (Å²) in [5.41, 5.74) is 9.99. The highest BCUT2D eigenvalue weighted by Crippen LogP contribution is 2.28. The fourth-order valence-corrected chi connectivity index (χ4v) is 3.04. The first-order valence-corrected chi connectivity index (χ1v) is 7.58. The van der Waals surface area contributed by atoms with Crippen LogP contribution < -0.4 is 11.1 Å². The summed E-state index contributed by atoms with van der Waals surface area (Å²) in [6.07, 6.45) is 7.70. The molecule has 1 unspecified atom stereocenters. The van der Waals surface area contributed by atoms with Crippen LogP contribution in [0.25, 0.3) is 16.8 Å². The molecule has 0 bridgehead atoms. The summed E-state index contributed by atoms with van der Waals surface area (Å²) in [5, 5.41) is 7.79. The maximum absolute atomic E-state index is 6.18. The molecule has 6 heteroatoms. The number of aromatic nitrogens is 4. The van der Waals surface area contributed by atoms with Crippen molar-refractivity contribution in [2.24, 2.45) is 0 Å². The van der Waals surface area contributed by atoms with E-state index in [1.165, 1.54) is 6.42 Å². The second kappa shape index (κ2) is 5.38. The SMILES string of the molecule is Nc1cc(C2CCCNC2)nc2c(-c3cccnc3)cnn12. The molecule has 3 N–H and O–H groups in total. The van der Waals surface area contributed by atoms with Gasteiger partial charge in [-0.1, -0.05) is 6.07 Å². The van der Waals surface area contributed by atoms with Gasteiger partial charge in [0.05, 0.1) is 11.9 Å². The van der Waals surface area contributed by atoms with Gasteiger partial charge in [-0.2, -0.15) is 9.61 Å². The maximum Gasteiger partial charge on any atom is 0.165 e. The molecule has 1 saturated heterocycles. The van der Waals surface area contributed by atoms with Crippen LogP contribution in [0.3, 0.4) is 0 Å². The lowest BCUT2D eigenvalue weighted by Gasteiger charge is -2.22. The molecule has 1 aliphatic rings. The van der Waals surface area contributed by atoms with Crippen molar-refractivity contribution in [2.45, 2.75) is 18.8 Å². The number of hydrogen-bond acceptors (Lipinski definition) is 5. The van der Waals surface area contributed by atoms with E-state index in [-0.39, 0.29) is 0 Å². The lowest BCUT2D eigenvalue weighted by atomic mass is 9.96. The van der Waals surface area contributed by atoms with E-state index in [1.54, 1.807) is 16.9 Å². The third kappa shape index (κ3) is 2.21. The van der Waals surface area contributed by atoms with Crippen LogP contribution in [-0.2, 0) is 0 Å². The lowest BCUT2D eigenvalue weighted by molar-refractivity contribution is 0.455. The lowest BCUT2D eigenvalue weighted by Crippen LogP contribution is -2.29. The summed E-state index contributed by atoms with van der Waals surface area (Å²) in [4.78, 5) is 9.02. The Morgan fingerprint density at radius 3 is 3.05 bits per heavy atom. The molecule has 1 atom stereocenters. The van der Waals surface area contributed by atoms with Crippen LogP contribution in [0.15, 0.2) is 36.8 Å². The van der Waals surface area contributed by atoms with E-state index < -0.39 is 0 Å². The van der Waals surface area contributed by atoms with E-state index in [2.05, 4.69) is 15.4 Å². The van der Waals surface area contributed by atoms with Gasteiger partial charge < -0.3 is 11.1 Å². The number of rotatable bonds is 2. The minimum Gasteiger partial charge on any atom is -0.384 e. The van der Waals surface area contributed by atoms with E-state index in [9.17, 15) is 0 Å². The molecule has 0 amide bonds. The number of nitrogens with two attached hydrogens (primary N) is 1. The molecule has 4 heterocycles. The molecule has 112 valence electrons. The van der Waals surface area contributed by atoms with Crippen molar-refractivity contribution in [1.82, 2.24) is 24.9 Å². The predicted octanol–water partition coefficient (Wildman–Crippen LogP) is 1.84. The van der Waals surface area contributed by atoms with Crippen molar-refractivity contribution in [3.63, 3.8) is 0 Å². The molecule has 3 aromatic heterocycles. The topological polar surface area (TPSA) is 81.1 Å². The minimum absolute atomic E-state index is 0.415. The fraction of sp³-hybridized carbons (Fsp3) is 0.312. The summed E-state index contributed by atoms with van der Waals surface area (Å²) >= 11 is 0. The van der Waals surface area contributed by atoms with Crippen LogP contribution >= 0.6 is 0 Å². The van der Waals surface area contributed by atoms with Crippen molar-refractivity contribution in [2.75, 3.05) is 18.8 Å². The van der Waals surface area contributed by atoms with Gasteiger partial charge in [0.15, 0.2) is 5.65 Å². The third-order valence-corrected chi connectivity index (χ3v) is 4.21. The smallest absolute Gasteiger partial charge is 0.165 e. The van der Waals surface area contributed by atoms with Crippen LogP contribution in [0.5, 0.6) is 0 Å². The normalized spacial score (nSPS) is 18.6. The van der Waals surface area contributed by atoms with E-state index >= 15 is 0 Å². The number of nitrogens with one attached hydrogen (secondary N) is 1. The van der Waals surface area contributed by atoms with E-state index in [4.69, 9.17) is 10.7 Å². The van der Waals surface area contributed by atoms with Gasteiger partial charge in [0.25, 0.3) is 0 Å². The van der Waals surface area contributed by atoms with Gasteiger partial charge in [0.2, 0.25) is 0 Å². The third-order valence-electron chi connectivity index (χ3n) is 4.21. The highest BCUT2D eigenvalue weighted by atomic mass is 15.3. The molecule has 22 heavy (non-hydrogen) atoms. The van der Waals surface area contributed by atoms with Crippen LogP contribution in [0.2, 0.25) is 0 Å². The molecule has 0 spiro atoms. The van der Waals surface area contributed by atoms with E-state index in [0.717, 1.165) is 42.0 Å². The number of fused-ring (bicyclic) bond motifs is 1. The summed E-state index contributed by atoms with van der Waals surface area (Å²) in [6, 6.07) is 5.87. The number of nitrogens with zero attached hydrogens (tertiary/aromatic N) is 4. The van der Waals surface area contributed by atoms with Crippen LogP contribution in [0, 0.1) is 0 Å². The Morgan fingerprint density at radius 1 is 1.32 bits per heavy atom. The highest BCUT2D eigenvalue weighted by molar-refractivity contribution is 5.77. The number of piperidine rings is 1. The van der Waals surface area contributed by atoms with Crippen molar-refractivity contribution in [3.05, 3.63) is 42.5 Å². The average Bonchev–Trinajstić information content (AvgIpc) is 3.01. The van der Waals surface area contributed by atoms with E-state index in [0.29, 0.717) is 11.7 Å². The first-order chi connectivity index (χ1) is 10.8. The largest absolute Gasteiger partial charge is 0.384 e. The van der Waals surface area contributed by atoms with Gasteiger partial charge in [0, 0.05) is 42.0 Å². The molecular weight excluding hydrogens is 276 g/mol. The van der Waals surface area contributed by atoms with Crippen LogP contribution in [-0.4, -0.2) is 32.7 Å².